The standard InChI is InChI=1S/C10H22N2O2S/c1-5-9(2)11-6-7-12(10(3)8-11)15(4,13)14/h9-10H,5-8H2,1-4H3/t9?,10-/m0/s1. The zero-order valence-electron chi connectivity index (χ0n) is 10.1. The smallest absolute Gasteiger partial charge is 0.211 e. The predicted octanol–water partition coefficient (Wildman–Crippen LogP) is 0.751. The van der Waals surface area contributed by atoms with Crippen LogP contribution in [0.4, 0.5) is 0 Å². The maximum absolute atomic E-state index is 11.5. The fourth-order valence-electron chi connectivity index (χ4n) is 2.12. The molecule has 2 atom stereocenters. The summed E-state index contributed by atoms with van der Waals surface area (Å²) < 4.78 is 24.5. The largest absolute Gasteiger partial charge is 0.298 e. The van der Waals surface area contributed by atoms with Crippen molar-refractivity contribution in [3.8, 4) is 0 Å². The third-order valence-electron chi connectivity index (χ3n) is 3.24. The van der Waals surface area contributed by atoms with Gasteiger partial charge in [-0.15, -0.1) is 0 Å². The van der Waals surface area contributed by atoms with E-state index >= 15 is 0 Å². The summed E-state index contributed by atoms with van der Waals surface area (Å²) in [5.74, 6) is 0. The minimum absolute atomic E-state index is 0.0998. The highest BCUT2D eigenvalue weighted by atomic mass is 32.2. The summed E-state index contributed by atoms with van der Waals surface area (Å²) in [5.41, 5.74) is 0. The molecule has 0 aromatic heterocycles. The van der Waals surface area contributed by atoms with Crippen LogP contribution in [0.2, 0.25) is 0 Å². The number of hydrogen-bond acceptors (Lipinski definition) is 3. The second-order valence-corrected chi connectivity index (χ2v) is 6.41. The predicted molar refractivity (Wildman–Crippen MR) is 62.3 cm³/mol. The normalized spacial score (nSPS) is 27.9. The Morgan fingerprint density at radius 3 is 2.40 bits per heavy atom. The minimum Gasteiger partial charge on any atom is -0.298 e. The number of sulfonamides is 1. The number of piperazine rings is 1. The monoisotopic (exact) mass is 234 g/mol. The van der Waals surface area contributed by atoms with Gasteiger partial charge in [0.25, 0.3) is 0 Å². The van der Waals surface area contributed by atoms with Gasteiger partial charge < -0.3 is 0 Å². The molecule has 1 fully saturated rings. The Morgan fingerprint density at radius 1 is 1.40 bits per heavy atom. The van der Waals surface area contributed by atoms with E-state index in [-0.39, 0.29) is 6.04 Å². The first-order valence-corrected chi connectivity index (χ1v) is 7.42. The van der Waals surface area contributed by atoms with Crippen LogP contribution in [0.15, 0.2) is 0 Å². The van der Waals surface area contributed by atoms with Crippen LogP contribution in [0.3, 0.4) is 0 Å². The molecule has 0 radical (unpaired) electrons. The Kier molecular flexibility index (Phi) is 4.14. The van der Waals surface area contributed by atoms with E-state index in [2.05, 4.69) is 18.7 Å². The van der Waals surface area contributed by atoms with E-state index in [9.17, 15) is 8.42 Å². The molecule has 0 aromatic carbocycles. The molecular formula is C10H22N2O2S. The molecule has 1 heterocycles. The molecule has 5 heteroatoms. The van der Waals surface area contributed by atoms with Gasteiger partial charge in [0.2, 0.25) is 10.0 Å². The third kappa shape index (κ3) is 3.16. The van der Waals surface area contributed by atoms with Crippen molar-refractivity contribution in [2.24, 2.45) is 0 Å². The molecule has 0 amide bonds. The summed E-state index contributed by atoms with van der Waals surface area (Å²) in [5, 5.41) is 0. The molecule has 1 aliphatic heterocycles. The molecule has 0 saturated carbocycles. The highest BCUT2D eigenvalue weighted by Gasteiger charge is 2.30. The molecule has 15 heavy (non-hydrogen) atoms. The summed E-state index contributed by atoms with van der Waals surface area (Å²) >= 11 is 0. The first kappa shape index (κ1) is 12.9. The summed E-state index contributed by atoms with van der Waals surface area (Å²) in [6.07, 6.45) is 2.41. The van der Waals surface area contributed by atoms with E-state index < -0.39 is 10.0 Å². The van der Waals surface area contributed by atoms with Crippen molar-refractivity contribution >= 4 is 10.0 Å². The van der Waals surface area contributed by atoms with Gasteiger partial charge in [-0.3, -0.25) is 4.90 Å². The summed E-state index contributed by atoms with van der Waals surface area (Å²) in [6.45, 7) is 8.68. The summed E-state index contributed by atoms with van der Waals surface area (Å²) in [7, 11) is -3.02. The Morgan fingerprint density at radius 2 is 2.00 bits per heavy atom. The second kappa shape index (κ2) is 4.80. The lowest BCUT2D eigenvalue weighted by Crippen LogP contribution is -2.55. The van der Waals surface area contributed by atoms with Crippen LogP contribution in [0.5, 0.6) is 0 Å². The van der Waals surface area contributed by atoms with Crippen molar-refractivity contribution in [1.82, 2.24) is 9.21 Å². The Bertz CT molecular complexity index is 303. The molecule has 1 saturated heterocycles. The lowest BCUT2D eigenvalue weighted by atomic mass is 10.1. The molecule has 90 valence electrons. The van der Waals surface area contributed by atoms with E-state index in [0.29, 0.717) is 12.6 Å². The Balaban J connectivity index is 2.63. The van der Waals surface area contributed by atoms with Gasteiger partial charge in [0.1, 0.15) is 0 Å². The first-order valence-electron chi connectivity index (χ1n) is 5.57. The highest BCUT2D eigenvalue weighted by molar-refractivity contribution is 7.88. The minimum atomic E-state index is -3.02. The zero-order valence-corrected chi connectivity index (χ0v) is 10.9. The van der Waals surface area contributed by atoms with E-state index in [0.717, 1.165) is 19.5 Å². The van der Waals surface area contributed by atoms with Gasteiger partial charge in [0.05, 0.1) is 6.26 Å². The van der Waals surface area contributed by atoms with Crippen molar-refractivity contribution in [2.75, 3.05) is 25.9 Å². The van der Waals surface area contributed by atoms with Gasteiger partial charge in [0, 0.05) is 31.7 Å². The molecule has 0 aliphatic carbocycles. The lowest BCUT2D eigenvalue weighted by Gasteiger charge is -2.40. The van der Waals surface area contributed by atoms with Crippen LogP contribution < -0.4 is 0 Å². The van der Waals surface area contributed by atoms with Crippen molar-refractivity contribution in [2.45, 2.75) is 39.3 Å². The van der Waals surface area contributed by atoms with E-state index in [1.54, 1.807) is 4.31 Å². The van der Waals surface area contributed by atoms with Crippen LogP contribution in [0.1, 0.15) is 27.2 Å². The highest BCUT2D eigenvalue weighted by Crippen LogP contribution is 2.16. The van der Waals surface area contributed by atoms with Crippen LogP contribution in [0.25, 0.3) is 0 Å². The lowest BCUT2D eigenvalue weighted by molar-refractivity contribution is 0.108. The summed E-state index contributed by atoms with van der Waals surface area (Å²) in [4.78, 5) is 2.37. The van der Waals surface area contributed by atoms with Crippen molar-refractivity contribution < 1.29 is 8.42 Å². The average Bonchev–Trinajstić information content (AvgIpc) is 2.14. The van der Waals surface area contributed by atoms with Gasteiger partial charge >= 0.3 is 0 Å². The van der Waals surface area contributed by atoms with Gasteiger partial charge in [-0.2, -0.15) is 4.31 Å². The first-order chi connectivity index (χ1) is 6.86. The van der Waals surface area contributed by atoms with Gasteiger partial charge in [-0.25, -0.2) is 8.42 Å². The van der Waals surface area contributed by atoms with Crippen molar-refractivity contribution in [3.05, 3.63) is 0 Å². The molecular weight excluding hydrogens is 212 g/mol. The zero-order chi connectivity index (χ0) is 11.6. The van der Waals surface area contributed by atoms with Gasteiger partial charge in [-0.05, 0) is 20.3 Å². The number of nitrogens with zero attached hydrogens (tertiary/aromatic N) is 2. The Labute approximate surface area is 93.3 Å². The van der Waals surface area contributed by atoms with E-state index in [4.69, 9.17) is 0 Å². The fourth-order valence-corrected chi connectivity index (χ4v) is 3.25. The maximum Gasteiger partial charge on any atom is 0.211 e. The Hall–Kier alpha value is -0.130. The number of hydrogen-bond donors (Lipinski definition) is 0. The molecule has 1 unspecified atom stereocenters. The summed E-state index contributed by atoms with van der Waals surface area (Å²) in [6, 6.07) is 0.650. The SMILES string of the molecule is CCC(C)N1CCN(S(C)(=O)=O)[C@@H](C)C1. The molecule has 0 spiro atoms. The van der Waals surface area contributed by atoms with Crippen LogP contribution >= 0.6 is 0 Å². The second-order valence-electron chi connectivity index (χ2n) is 4.47. The topological polar surface area (TPSA) is 40.6 Å². The average molecular weight is 234 g/mol. The van der Waals surface area contributed by atoms with Crippen molar-refractivity contribution in [3.63, 3.8) is 0 Å². The van der Waals surface area contributed by atoms with Gasteiger partial charge in [-0.1, -0.05) is 6.92 Å². The van der Waals surface area contributed by atoms with Crippen molar-refractivity contribution in [1.29, 1.82) is 0 Å². The number of rotatable bonds is 3. The molecule has 1 aliphatic rings. The third-order valence-corrected chi connectivity index (χ3v) is 4.63. The quantitative estimate of drug-likeness (QED) is 0.723. The molecule has 0 bridgehead atoms. The van der Waals surface area contributed by atoms with Crippen LogP contribution in [0, 0.1) is 0 Å². The van der Waals surface area contributed by atoms with E-state index in [1.807, 2.05) is 6.92 Å². The van der Waals surface area contributed by atoms with Crippen LogP contribution in [-0.2, 0) is 10.0 Å². The van der Waals surface area contributed by atoms with Gasteiger partial charge in [0.15, 0.2) is 0 Å². The molecule has 4 nitrogen and oxygen atoms in total. The maximum atomic E-state index is 11.5. The molecule has 1 rings (SSSR count). The molecule has 0 aromatic rings. The fraction of sp³-hybridized carbons (Fsp3) is 1.00. The molecule has 0 N–H and O–H groups in total. The van der Waals surface area contributed by atoms with E-state index in [1.165, 1.54) is 6.26 Å². The van der Waals surface area contributed by atoms with Crippen LogP contribution in [-0.4, -0.2) is 55.6 Å².